The second kappa shape index (κ2) is 5.67. The fraction of sp³-hybridized carbons (Fsp3) is 0.733. The van der Waals surface area contributed by atoms with E-state index in [0.29, 0.717) is 32.4 Å². The first-order valence-corrected chi connectivity index (χ1v) is 7.35. The monoisotopic (exact) mass is 295 g/mol. The molecule has 2 heterocycles. The molecule has 1 saturated heterocycles. The lowest BCUT2D eigenvalue weighted by Crippen LogP contribution is -2.49. The van der Waals surface area contributed by atoms with Crippen LogP contribution in [0.25, 0.3) is 0 Å². The van der Waals surface area contributed by atoms with Gasteiger partial charge in [-0.05, 0) is 33.6 Å². The van der Waals surface area contributed by atoms with Gasteiger partial charge in [-0.25, -0.2) is 9.78 Å². The molecule has 0 unspecified atom stereocenters. The first-order chi connectivity index (χ1) is 9.69. The second-order valence-electron chi connectivity index (χ2n) is 6.82. The van der Waals surface area contributed by atoms with Gasteiger partial charge in [0.05, 0.1) is 5.60 Å². The minimum Gasteiger partial charge on any atom is -0.444 e. The number of aromatic nitrogens is 2. The molecular weight excluding hydrogens is 270 g/mol. The Morgan fingerprint density at radius 2 is 2.05 bits per heavy atom. The largest absolute Gasteiger partial charge is 0.444 e. The molecule has 21 heavy (non-hydrogen) atoms. The summed E-state index contributed by atoms with van der Waals surface area (Å²) in [5, 5.41) is 10.7. The summed E-state index contributed by atoms with van der Waals surface area (Å²) in [7, 11) is 1.92. The van der Waals surface area contributed by atoms with Crippen LogP contribution in [0, 0.1) is 0 Å². The molecule has 6 heteroatoms. The summed E-state index contributed by atoms with van der Waals surface area (Å²) in [4.78, 5) is 17.9. The van der Waals surface area contributed by atoms with Crippen LogP contribution >= 0.6 is 0 Å². The van der Waals surface area contributed by atoms with Gasteiger partial charge in [0.15, 0.2) is 0 Å². The number of hydrogen-bond acceptors (Lipinski definition) is 4. The molecule has 2 rings (SSSR count). The van der Waals surface area contributed by atoms with E-state index in [1.54, 1.807) is 11.1 Å². The van der Waals surface area contributed by atoms with Crippen LogP contribution in [0.5, 0.6) is 0 Å². The Balaban J connectivity index is 1.90. The van der Waals surface area contributed by atoms with Crippen molar-refractivity contribution in [2.45, 2.75) is 51.2 Å². The number of carbonyl (C=O) groups excluding carboxylic acids is 1. The maximum absolute atomic E-state index is 12.0. The van der Waals surface area contributed by atoms with Crippen molar-refractivity contribution in [2.24, 2.45) is 7.05 Å². The average Bonchev–Trinajstić information content (AvgIpc) is 2.73. The Morgan fingerprint density at radius 3 is 2.52 bits per heavy atom. The van der Waals surface area contributed by atoms with Gasteiger partial charge in [0.25, 0.3) is 0 Å². The third-order valence-electron chi connectivity index (χ3n) is 3.75. The van der Waals surface area contributed by atoms with Crippen LogP contribution in [0.1, 0.15) is 39.4 Å². The maximum atomic E-state index is 12.0. The van der Waals surface area contributed by atoms with Crippen molar-refractivity contribution in [2.75, 3.05) is 13.1 Å². The van der Waals surface area contributed by atoms with Crippen molar-refractivity contribution < 1.29 is 14.6 Å². The lowest BCUT2D eigenvalue weighted by Gasteiger charge is -2.38. The number of amides is 1. The molecule has 1 aliphatic heterocycles. The Hall–Kier alpha value is -1.56. The molecule has 0 radical (unpaired) electrons. The Labute approximate surface area is 125 Å². The van der Waals surface area contributed by atoms with Crippen molar-refractivity contribution >= 4 is 6.09 Å². The molecule has 1 aromatic rings. The van der Waals surface area contributed by atoms with Crippen molar-refractivity contribution in [3.63, 3.8) is 0 Å². The zero-order valence-electron chi connectivity index (χ0n) is 13.3. The molecule has 1 fully saturated rings. The number of rotatable bonds is 2. The van der Waals surface area contributed by atoms with E-state index in [1.165, 1.54) is 0 Å². The minimum absolute atomic E-state index is 0.304. The highest BCUT2D eigenvalue weighted by Gasteiger charge is 2.36. The van der Waals surface area contributed by atoms with E-state index in [4.69, 9.17) is 4.74 Å². The highest BCUT2D eigenvalue weighted by atomic mass is 16.6. The number of hydrogen-bond donors (Lipinski definition) is 1. The van der Waals surface area contributed by atoms with Gasteiger partial charge in [0.1, 0.15) is 11.4 Å². The van der Waals surface area contributed by atoms with Crippen LogP contribution in [-0.4, -0.2) is 49.9 Å². The molecule has 0 aromatic carbocycles. The summed E-state index contributed by atoms with van der Waals surface area (Å²) >= 11 is 0. The third kappa shape index (κ3) is 4.20. The molecule has 118 valence electrons. The molecule has 0 saturated carbocycles. The molecule has 6 nitrogen and oxygen atoms in total. The lowest BCUT2D eigenvalue weighted by molar-refractivity contribution is -0.0327. The zero-order valence-corrected chi connectivity index (χ0v) is 13.3. The van der Waals surface area contributed by atoms with Gasteiger partial charge in [-0.2, -0.15) is 0 Å². The third-order valence-corrected chi connectivity index (χ3v) is 3.75. The molecular formula is C15H25N3O3. The predicted molar refractivity (Wildman–Crippen MR) is 78.9 cm³/mol. The molecule has 1 aromatic heterocycles. The van der Waals surface area contributed by atoms with E-state index in [1.807, 2.05) is 38.6 Å². The van der Waals surface area contributed by atoms with E-state index < -0.39 is 11.2 Å². The van der Waals surface area contributed by atoms with Gasteiger partial charge in [0.2, 0.25) is 0 Å². The fourth-order valence-corrected chi connectivity index (χ4v) is 2.47. The molecule has 0 bridgehead atoms. The maximum Gasteiger partial charge on any atom is 0.410 e. The Morgan fingerprint density at radius 1 is 1.43 bits per heavy atom. The molecule has 0 atom stereocenters. The molecule has 0 spiro atoms. The SMILES string of the molecule is Cn1ccnc1CC1(O)CCN(C(=O)OC(C)(C)C)CC1. The quantitative estimate of drug-likeness (QED) is 0.902. The molecule has 1 N–H and O–H groups in total. The number of ether oxygens (including phenoxy) is 1. The Bertz CT molecular complexity index is 497. The normalized spacial score (nSPS) is 18.6. The van der Waals surface area contributed by atoms with Crippen molar-refractivity contribution in [1.82, 2.24) is 14.5 Å². The van der Waals surface area contributed by atoms with Crippen LogP contribution in [0.15, 0.2) is 12.4 Å². The summed E-state index contributed by atoms with van der Waals surface area (Å²) in [5.41, 5.74) is -1.28. The molecule has 0 aliphatic carbocycles. The first kappa shape index (κ1) is 15.8. The van der Waals surface area contributed by atoms with E-state index in [0.717, 1.165) is 5.82 Å². The summed E-state index contributed by atoms with van der Waals surface area (Å²) in [6, 6.07) is 0. The average molecular weight is 295 g/mol. The number of carbonyl (C=O) groups is 1. The van der Waals surface area contributed by atoms with Gasteiger partial charge >= 0.3 is 6.09 Å². The number of aryl methyl sites for hydroxylation is 1. The standard InChI is InChI=1S/C15H25N3O3/c1-14(2,3)21-13(19)18-8-5-15(20,6-9-18)11-12-16-7-10-17(12)4/h7,10,20H,5-6,8-9,11H2,1-4H3. The van der Waals surface area contributed by atoms with E-state index in [-0.39, 0.29) is 6.09 Å². The van der Waals surface area contributed by atoms with Crippen molar-refractivity contribution in [1.29, 1.82) is 0 Å². The van der Waals surface area contributed by atoms with E-state index >= 15 is 0 Å². The summed E-state index contributed by atoms with van der Waals surface area (Å²) in [5.74, 6) is 0.864. The van der Waals surface area contributed by atoms with Gasteiger partial charge in [-0.15, -0.1) is 0 Å². The highest BCUT2D eigenvalue weighted by molar-refractivity contribution is 5.68. The number of aliphatic hydroxyl groups is 1. The van der Waals surface area contributed by atoms with E-state index in [2.05, 4.69) is 4.98 Å². The van der Waals surface area contributed by atoms with Crippen LogP contribution in [0.4, 0.5) is 4.79 Å². The molecule has 1 aliphatic rings. The fourth-order valence-electron chi connectivity index (χ4n) is 2.47. The molecule has 1 amide bonds. The number of nitrogens with zero attached hydrogens (tertiary/aromatic N) is 3. The Kier molecular flexibility index (Phi) is 4.27. The number of piperidine rings is 1. The smallest absolute Gasteiger partial charge is 0.410 e. The van der Waals surface area contributed by atoms with Gasteiger partial charge in [-0.1, -0.05) is 0 Å². The topological polar surface area (TPSA) is 67.6 Å². The first-order valence-electron chi connectivity index (χ1n) is 7.35. The van der Waals surface area contributed by atoms with Gasteiger partial charge < -0.3 is 19.3 Å². The van der Waals surface area contributed by atoms with Crippen LogP contribution in [0.2, 0.25) is 0 Å². The zero-order chi connectivity index (χ0) is 15.7. The minimum atomic E-state index is -0.794. The predicted octanol–water partition coefficient (Wildman–Crippen LogP) is 1.72. The van der Waals surface area contributed by atoms with Crippen LogP contribution in [0.3, 0.4) is 0 Å². The summed E-state index contributed by atoms with van der Waals surface area (Å²) < 4.78 is 7.27. The number of likely N-dealkylation sites (tertiary alicyclic amines) is 1. The van der Waals surface area contributed by atoms with Gasteiger partial charge in [-0.3, -0.25) is 0 Å². The van der Waals surface area contributed by atoms with Crippen LogP contribution in [-0.2, 0) is 18.2 Å². The second-order valence-corrected chi connectivity index (χ2v) is 6.82. The van der Waals surface area contributed by atoms with Crippen LogP contribution < -0.4 is 0 Å². The summed E-state index contributed by atoms with van der Waals surface area (Å²) in [6.45, 7) is 6.58. The van der Waals surface area contributed by atoms with Crippen molar-refractivity contribution in [3.8, 4) is 0 Å². The van der Waals surface area contributed by atoms with E-state index in [9.17, 15) is 9.90 Å². The van der Waals surface area contributed by atoms with Gasteiger partial charge in [0, 0.05) is 39.0 Å². The lowest BCUT2D eigenvalue weighted by atomic mass is 9.88. The highest BCUT2D eigenvalue weighted by Crippen LogP contribution is 2.26. The number of imidazole rings is 1. The van der Waals surface area contributed by atoms with Crippen molar-refractivity contribution in [3.05, 3.63) is 18.2 Å². The summed E-state index contributed by atoms with van der Waals surface area (Å²) in [6.07, 6.45) is 4.89.